The van der Waals surface area contributed by atoms with Crippen LogP contribution in [-0.4, -0.2) is 27.7 Å². The third-order valence-electron chi connectivity index (χ3n) is 3.35. The van der Waals surface area contributed by atoms with E-state index in [1.54, 1.807) is 6.92 Å². The van der Waals surface area contributed by atoms with Crippen molar-refractivity contribution >= 4 is 17.6 Å². The van der Waals surface area contributed by atoms with Gasteiger partial charge in [-0.25, -0.2) is 14.8 Å². The van der Waals surface area contributed by atoms with Crippen molar-refractivity contribution in [2.75, 3.05) is 11.9 Å². The second-order valence-corrected chi connectivity index (χ2v) is 5.27. The van der Waals surface area contributed by atoms with Gasteiger partial charge in [0.25, 0.3) is 0 Å². The summed E-state index contributed by atoms with van der Waals surface area (Å²) in [7, 11) is 0. The highest BCUT2D eigenvalue weighted by Gasteiger charge is 2.30. The van der Waals surface area contributed by atoms with Crippen LogP contribution in [-0.2, 0) is 10.9 Å². The minimum absolute atomic E-state index is 0.0159. The minimum Gasteiger partial charge on any atom is -0.461 e. The molecule has 1 aromatic carbocycles. The second kappa shape index (κ2) is 7.44. The molecule has 0 aliphatic heterocycles. The lowest BCUT2D eigenvalue weighted by atomic mass is 10.2. The summed E-state index contributed by atoms with van der Waals surface area (Å²) in [5, 5.41) is 6.31. The molecule has 1 N–H and O–H groups in total. The SMILES string of the molecule is CCOC(=O)c1cc(-c2ccnc(Nc3cccc(C(F)(F)F)c3)n2)on1. The lowest BCUT2D eigenvalue weighted by Crippen LogP contribution is -2.05. The maximum absolute atomic E-state index is 12.8. The van der Waals surface area contributed by atoms with Crippen molar-refractivity contribution < 1.29 is 27.2 Å². The largest absolute Gasteiger partial charge is 0.461 e. The molecule has 3 rings (SSSR count). The molecule has 0 atom stereocenters. The number of carbonyl (C=O) groups is 1. The summed E-state index contributed by atoms with van der Waals surface area (Å²) in [5.74, 6) is -0.391. The van der Waals surface area contributed by atoms with Crippen LogP contribution in [0.15, 0.2) is 47.1 Å². The topological polar surface area (TPSA) is 90.1 Å². The maximum Gasteiger partial charge on any atom is 0.416 e. The highest BCUT2D eigenvalue weighted by atomic mass is 19.4. The Bertz CT molecular complexity index is 956. The van der Waals surface area contributed by atoms with Crippen molar-refractivity contribution in [3.05, 3.63) is 53.9 Å². The number of nitrogens with zero attached hydrogens (tertiary/aromatic N) is 3. The van der Waals surface area contributed by atoms with E-state index in [2.05, 4.69) is 20.4 Å². The second-order valence-electron chi connectivity index (χ2n) is 5.27. The van der Waals surface area contributed by atoms with E-state index in [0.29, 0.717) is 5.69 Å². The Hall–Kier alpha value is -3.43. The molecule has 2 heterocycles. The average molecular weight is 378 g/mol. The molecule has 0 amide bonds. The van der Waals surface area contributed by atoms with Crippen LogP contribution >= 0.6 is 0 Å². The molecule has 0 aliphatic carbocycles. The smallest absolute Gasteiger partial charge is 0.416 e. The van der Waals surface area contributed by atoms with Crippen LogP contribution in [0.25, 0.3) is 11.5 Å². The van der Waals surface area contributed by atoms with E-state index in [0.717, 1.165) is 12.1 Å². The van der Waals surface area contributed by atoms with Crippen molar-refractivity contribution in [2.24, 2.45) is 0 Å². The van der Waals surface area contributed by atoms with E-state index in [1.165, 1.54) is 30.5 Å². The molecule has 0 radical (unpaired) electrons. The fourth-order valence-corrected chi connectivity index (χ4v) is 2.16. The predicted molar refractivity (Wildman–Crippen MR) is 88.2 cm³/mol. The minimum atomic E-state index is -4.45. The number of nitrogens with one attached hydrogen (secondary N) is 1. The van der Waals surface area contributed by atoms with Gasteiger partial charge in [-0.1, -0.05) is 11.2 Å². The molecule has 0 unspecified atom stereocenters. The van der Waals surface area contributed by atoms with Gasteiger partial charge < -0.3 is 14.6 Å². The molecule has 7 nitrogen and oxygen atoms in total. The number of alkyl halides is 3. The fourth-order valence-electron chi connectivity index (χ4n) is 2.16. The first-order valence-electron chi connectivity index (χ1n) is 7.78. The van der Waals surface area contributed by atoms with Crippen LogP contribution in [0.1, 0.15) is 23.0 Å². The predicted octanol–water partition coefficient (Wildman–Crippen LogP) is 4.07. The molecular formula is C17H13F3N4O3. The summed E-state index contributed by atoms with van der Waals surface area (Å²) in [6.45, 7) is 1.86. The monoisotopic (exact) mass is 378 g/mol. The van der Waals surface area contributed by atoms with Gasteiger partial charge >= 0.3 is 12.1 Å². The van der Waals surface area contributed by atoms with Gasteiger partial charge in [-0.3, -0.25) is 0 Å². The first kappa shape index (κ1) is 18.4. The number of halogens is 3. The first-order chi connectivity index (χ1) is 12.9. The van der Waals surface area contributed by atoms with Crippen molar-refractivity contribution in [2.45, 2.75) is 13.1 Å². The molecule has 0 saturated carbocycles. The maximum atomic E-state index is 12.8. The van der Waals surface area contributed by atoms with Crippen molar-refractivity contribution in [1.29, 1.82) is 0 Å². The number of hydrogen-bond donors (Lipinski definition) is 1. The van der Waals surface area contributed by atoms with Crippen LogP contribution < -0.4 is 5.32 Å². The number of anilines is 2. The van der Waals surface area contributed by atoms with Gasteiger partial charge in [0.05, 0.1) is 12.2 Å². The van der Waals surface area contributed by atoms with Gasteiger partial charge in [-0.15, -0.1) is 0 Å². The number of benzene rings is 1. The van der Waals surface area contributed by atoms with Gasteiger partial charge in [-0.05, 0) is 31.2 Å². The number of esters is 1. The number of carbonyl (C=O) groups excluding carboxylic acids is 1. The molecule has 0 fully saturated rings. The number of hydrogen-bond acceptors (Lipinski definition) is 7. The van der Waals surface area contributed by atoms with Crippen LogP contribution in [0.4, 0.5) is 24.8 Å². The van der Waals surface area contributed by atoms with Crippen LogP contribution in [0.2, 0.25) is 0 Å². The van der Waals surface area contributed by atoms with Crippen LogP contribution in [0.5, 0.6) is 0 Å². The van der Waals surface area contributed by atoms with Gasteiger partial charge in [0.15, 0.2) is 11.5 Å². The highest BCUT2D eigenvalue weighted by Crippen LogP contribution is 2.31. The lowest BCUT2D eigenvalue weighted by Gasteiger charge is -2.09. The highest BCUT2D eigenvalue weighted by molar-refractivity contribution is 5.88. The van der Waals surface area contributed by atoms with Crippen molar-refractivity contribution in [3.8, 4) is 11.5 Å². The van der Waals surface area contributed by atoms with E-state index >= 15 is 0 Å². The normalized spacial score (nSPS) is 11.3. The summed E-state index contributed by atoms with van der Waals surface area (Å²) in [6.07, 6.45) is -3.06. The molecule has 0 saturated heterocycles. The molecular weight excluding hydrogens is 365 g/mol. The van der Waals surface area contributed by atoms with Gasteiger partial charge in [0.1, 0.15) is 5.69 Å². The first-order valence-corrected chi connectivity index (χ1v) is 7.78. The Morgan fingerprint density at radius 1 is 1.26 bits per heavy atom. The van der Waals surface area contributed by atoms with Crippen molar-refractivity contribution in [3.63, 3.8) is 0 Å². The van der Waals surface area contributed by atoms with Crippen LogP contribution in [0.3, 0.4) is 0 Å². The molecule has 10 heteroatoms. The quantitative estimate of drug-likeness (QED) is 0.669. The molecule has 2 aromatic heterocycles. The van der Waals surface area contributed by atoms with E-state index in [4.69, 9.17) is 9.26 Å². The van der Waals surface area contributed by atoms with E-state index in [-0.39, 0.29) is 29.7 Å². The molecule has 0 aliphatic rings. The Kier molecular flexibility index (Phi) is 5.06. The zero-order valence-electron chi connectivity index (χ0n) is 13.9. The number of rotatable bonds is 5. The molecule has 27 heavy (non-hydrogen) atoms. The summed E-state index contributed by atoms with van der Waals surface area (Å²) >= 11 is 0. The molecule has 140 valence electrons. The fraction of sp³-hybridized carbons (Fsp3) is 0.176. The summed E-state index contributed by atoms with van der Waals surface area (Å²) in [4.78, 5) is 19.8. The average Bonchev–Trinajstić information content (AvgIpc) is 3.12. The Morgan fingerprint density at radius 2 is 2.07 bits per heavy atom. The van der Waals surface area contributed by atoms with E-state index in [9.17, 15) is 18.0 Å². The molecule has 3 aromatic rings. The zero-order valence-corrected chi connectivity index (χ0v) is 13.9. The Balaban J connectivity index is 1.81. The number of aromatic nitrogens is 3. The van der Waals surface area contributed by atoms with Gasteiger partial charge in [0.2, 0.25) is 5.95 Å². The summed E-state index contributed by atoms with van der Waals surface area (Å²) < 4.78 is 48.3. The van der Waals surface area contributed by atoms with Gasteiger partial charge in [-0.2, -0.15) is 13.2 Å². The van der Waals surface area contributed by atoms with Crippen LogP contribution in [0, 0.1) is 0 Å². The van der Waals surface area contributed by atoms with E-state index < -0.39 is 17.7 Å². The summed E-state index contributed by atoms with van der Waals surface area (Å²) in [6, 6.07) is 7.51. The summed E-state index contributed by atoms with van der Waals surface area (Å²) in [5.41, 5.74) is -0.343. The molecule has 0 bridgehead atoms. The Morgan fingerprint density at radius 3 is 2.81 bits per heavy atom. The Labute approximate surface area is 151 Å². The van der Waals surface area contributed by atoms with E-state index in [1.807, 2.05) is 0 Å². The van der Waals surface area contributed by atoms with Crippen molar-refractivity contribution in [1.82, 2.24) is 15.1 Å². The van der Waals surface area contributed by atoms with Gasteiger partial charge in [0, 0.05) is 18.0 Å². The zero-order chi connectivity index (χ0) is 19.4. The lowest BCUT2D eigenvalue weighted by molar-refractivity contribution is -0.137. The number of ether oxygens (including phenoxy) is 1. The standard InChI is InChI=1S/C17H13F3N4O3/c1-2-26-15(25)13-9-14(27-24-13)12-6-7-21-16(23-12)22-11-5-3-4-10(8-11)17(18,19)20/h3-9H,2H2,1H3,(H,21,22,23). The third-order valence-corrected chi connectivity index (χ3v) is 3.35. The third kappa shape index (κ3) is 4.40. The molecule has 0 spiro atoms.